The maximum atomic E-state index is 13.3. The molecule has 2 aliphatic heterocycles. The van der Waals surface area contributed by atoms with Crippen LogP contribution in [0.2, 0.25) is 10.0 Å². The van der Waals surface area contributed by atoms with E-state index in [0.29, 0.717) is 22.3 Å². The zero-order valence-corrected chi connectivity index (χ0v) is 17.8. The SMILES string of the molecule is O=S1(=O)C[C@@H]2N=C(SCc3ccc(F)cc3Cl)N(Cc3ccc(Cl)cc3)[C@@H]2C1. The summed E-state index contributed by atoms with van der Waals surface area (Å²) in [5, 5.41) is 1.82. The number of aliphatic imine (C=N–C) groups is 1. The molecule has 2 heterocycles. The van der Waals surface area contributed by atoms with Gasteiger partial charge in [-0.2, -0.15) is 0 Å². The maximum absolute atomic E-state index is 13.3. The molecule has 0 bridgehead atoms. The molecule has 2 atom stereocenters. The van der Waals surface area contributed by atoms with Crippen LogP contribution < -0.4 is 0 Å². The lowest BCUT2D eigenvalue weighted by atomic mass is 10.1. The first kappa shape index (κ1) is 20.0. The van der Waals surface area contributed by atoms with E-state index in [1.54, 1.807) is 6.07 Å². The fraction of sp³-hybridized carbons (Fsp3) is 0.316. The van der Waals surface area contributed by atoms with Crippen molar-refractivity contribution in [3.05, 3.63) is 69.5 Å². The highest BCUT2D eigenvalue weighted by Crippen LogP contribution is 2.34. The Kier molecular flexibility index (Phi) is 5.62. The van der Waals surface area contributed by atoms with E-state index in [0.717, 1.165) is 16.3 Å². The molecule has 2 aromatic rings. The highest BCUT2D eigenvalue weighted by molar-refractivity contribution is 8.13. The van der Waals surface area contributed by atoms with Crippen molar-refractivity contribution in [2.24, 2.45) is 4.99 Å². The van der Waals surface area contributed by atoms with E-state index >= 15 is 0 Å². The third-order valence-electron chi connectivity index (χ3n) is 4.85. The van der Waals surface area contributed by atoms with E-state index in [4.69, 9.17) is 23.2 Å². The van der Waals surface area contributed by atoms with E-state index in [9.17, 15) is 12.8 Å². The summed E-state index contributed by atoms with van der Waals surface area (Å²) < 4.78 is 37.4. The number of benzene rings is 2. The molecule has 2 aliphatic rings. The molecule has 9 heteroatoms. The number of halogens is 3. The minimum absolute atomic E-state index is 0.0795. The zero-order valence-electron chi connectivity index (χ0n) is 14.7. The maximum Gasteiger partial charge on any atom is 0.160 e. The minimum atomic E-state index is -3.08. The molecule has 0 radical (unpaired) electrons. The Morgan fingerprint density at radius 3 is 2.61 bits per heavy atom. The zero-order chi connectivity index (χ0) is 19.9. The summed E-state index contributed by atoms with van der Waals surface area (Å²) in [5.41, 5.74) is 1.84. The van der Waals surface area contributed by atoms with Crippen LogP contribution in [-0.2, 0) is 22.1 Å². The lowest BCUT2D eigenvalue weighted by Gasteiger charge is -2.26. The number of fused-ring (bicyclic) bond motifs is 1. The monoisotopic (exact) mass is 458 g/mol. The van der Waals surface area contributed by atoms with E-state index < -0.39 is 9.84 Å². The molecule has 1 fully saturated rings. The van der Waals surface area contributed by atoms with Crippen LogP contribution in [-0.4, -0.2) is 42.1 Å². The lowest BCUT2D eigenvalue weighted by Crippen LogP contribution is -2.38. The molecule has 4 nitrogen and oxygen atoms in total. The van der Waals surface area contributed by atoms with Gasteiger partial charge in [0.1, 0.15) is 5.82 Å². The first-order chi connectivity index (χ1) is 13.3. The van der Waals surface area contributed by atoms with Gasteiger partial charge in [-0.15, -0.1) is 0 Å². The van der Waals surface area contributed by atoms with Gasteiger partial charge in [0.15, 0.2) is 15.0 Å². The predicted octanol–water partition coefficient (Wildman–Crippen LogP) is 4.40. The molecule has 0 spiro atoms. The average molecular weight is 459 g/mol. The van der Waals surface area contributed by atoms with Crippen molar-refractivity contribution in [1.82, 2.24) is 4.90 Å². The standard InChI is InChI=1S/C19H17Cl2FN2O2S2/c20-14-4-1-12(2-5-14)8-24-18-11-28(25,26)10-17(18)23-19(24)27-9-13-3-6-15(22)7-16(13)21/h1-7,17-18H,8-11H2/t17-,18+/m0/s1. The average Bonchev–Trinajstić information content (AvgIpc) is 3.08. The van der Waals surface area contributed by atoms with Crippen molar-refractivity contribution in [3.63, 3.8) is 0 Å². The summed E-state index contributed by atoms with van der Waals surface area (Å²) in [6.45, 7) is 0.552. The van der Waals surface area contributed by atoms with Crippen molar-refractivity contribution in [3.8, 4) is 0 Å². The van der Waals surface area contributed by atoms with Crippen LogP contribution in [0.25, 0.3) is 0 Å². The molecule has 4 rings (SSSR count). The van der Waals surface area contributed by atoms with Crippen LogP contribution >= 0.6 is 35.0 Å². The molecule has 0 aliphatic carbocycles. The smallest absolute Gasteiger partial charge is 0.160 e. The van der Waals surface area contributed by atoms with Gasteiger partial charge in [0.25, 0.3) is 0 Å². The van der Waals surface area contributed by atoms with Crippen molar-refractivity contribution in [1.29, 1.82) is 0 Å². The summed E-state index contributed by atoms with van der Waals surface area (Å²) >= 11 is 13.6. The summed E-state index contributed by atoms with van der Waals surface area (Å²) in [4.78, 5) is 6.74. The highest BCUT2D eigenvalue weighted by Gasteiger charge is 2.46. The van der Waals surface area contributed by atoms with E-state index in [1.165, 1.54) is 23.9 Å². The van der Waals surface area contributed by atoms with Crippen molar-refractivity contribution >= 4 is 50.0 Å². The lowest BCUT2D eigenvalue weighted by molar-refractivity contribution is 0.343. The second-order valence-electron chi connectivity index (χ2n) is 6.90. The van der Waals surface area contributed by atoms with Crippen LogP contribution in [0.15, 0.2) is 47.5 Å². The largest absolute Gasteiger partial charge is 0.341 e. The van der Waals surface area contributed by atoms with Gasteiger partial charge in [-0.3, -0.25) is 4.99 Å². The van der Waals surface area contributed by atoms with Gasteiger partial charge in [0.05, 0.1) is 23.6 Å². The first-order valence-corrected chi connectivity index (χ1v) is 12.2. The molecular formula is C19H17Cl2FN2O2S2. The minimum Gasteiger partial charge on any atom is -0.341 e. The van der Waals surface area contributed by atoms with Crippen molar-refractivity contribution in [2.45, 2.75) is 24.4 Å². The molecule has 0 amide bonds. The number of hydrogen-bond donors (Lipinski definition) is 0. The Morgan fingerprint density at radius 2 is 1.89 bits per heavy atom. The molecule has 2 aromatic carbocycles. The van der Waals surface area contributed by atoms with Gasteiger partial charge in [-0.25, -0.2) is 12.8 Å². The highest BCUT2D eigenvalue weighted by atomic mass is 35.5. The van der Waals surface area contributed by atoms with E-state index in [2.05, 4.69) is 9.89 Å². The third kappa shape index (κ3) is 4.32. The van der Waals surface area contributed by atoms with Gasteiger partial charge in [0.2, 0.25) is 0 Å². The Balaban J connectivity index is 1.55. The molecule has 0 unspecified atom stereocenters. The van der Waals surface area contributed by atoms with Crippen molar-refractivity contribution < 1.29 is 12.8 Å². The van der Waals surface area contributed by atoms with Crippen LogP contribution in [0.5, 0.6) is 0 Å². The van der Waals surface area contributed by atoms with Crippen LogP contribution in [0.1, 0.15) is 11.1 Å². The molecular weight excluding hydrogens is 442 g/mol. The Labute approximate surface area is 177 Å². The van der Waals surface area contributed by atoms with Gasteiger partial charge < -0.3 is 4.90 Å². The van der Waals surface area contributed by atoms with Gasteiger partial charge in [-0.05, 0) is 35.4 Å². The topological polar surface area (TPSA) is 49.7 Å². The molecule has 28 heavy (non-hydrogen) atoms. The summed E-state index contributed by atoms with van der Waals surface area (Å²) in [5.74, 6) is 0.342. The second-order valence-corrected chi connectivity index (χ2v) is 10.8. The number of hydrogen-bond acceptors (Lipinski definition) is 5. The van der Waals surface area contributed by atoms with Crippen LogP contribution in [0.4, 0.5) is 4.39 Å². The third-order valence-corrected chi connectivity index (χ3v) is 8.21. The number of nitrogens with zero attached hydrogens (tertiary/aromatic N) is 2. The molecule has 1 saturated heterocycles. The Hall–Kier alpha value is -1.28. The van der Waals surface area contributed by atoms with Crippen LogP contribution in [0, 0.1) is 5.82 Å². The van der Waals surface area contributed by atoms with E-state index in [-0.39, 0.29) is 29.4 Å². The number of sulfone groups is 1. The fourth-order valence-electron chi connectivity index (χ4n) is 3.46. The number of thioether (sulfide) groups is 1. The van der Waals surface area contributed by atoms with Gasteiger partial charge >= 0.3 is 0 Å². The van der Waals surface area contributed by atoms with Gasteiger partial charge in [0, 0.05) is 22.3 Å². The quantitative estimate of drug-likeness (QED) is 0.680. The molecule has 0 saturated carbocycles. The van der Waals surface area contributed by atoms with Crippen LogP contribution in [0.3, 0.4) is 0 Å². The summed E-state index contributed by atoms with van der Waals surface area (Å²) in [6.07, 6.45) is 0. The molecule has 0 aromatic heterocycles. The Bertz CT molecular complexity index is 1030. The first-order valence-electron chi connectivity index (χ1n) is 8.67. The molecule has 148 valence electrons. The normalized spacial score (nSPS) is 23.0. The number of rotatable bonds is 4. The fourth-order valence-corrected chi connectivity index (χ4v) is 6.89. The van der Waals surface area contributed by atoms with Crippen molar-refractivity contribution in [2.75, 3.05) is 11.5 Å². The predicted molar refractivity (Wildman–Crippen MR) is 113 cm³/mol. The summed E-state index contributed by atoms with van der Waals surface area (Å²) in [7, 11) is -3.08. The van der Waals surface area contributed by atoms with E-state index in [1.807, 2.05) is 24.3 Å². The van der Waals surface area contributed by atoms with Gasteiger partial charge in [-0.1, -0.05) is 53.2 Å². The number of amidine groups is 1. The summed E-state index contributed by atoms with van der Waals surface area (Å²) in [6, 6.07) is 11.4. The Morgan fingerprint density at radius 1 is 1.14 bits per heavy atom. The second kappa shape index (κ2) is 7.86. The molecule has 0 N–H and O–H groups in total.